The Kier molecular flexibility index (Phi) is 4.07. The van der Waals surface area contributed by atoms with Gasteiger partial charge in [-0.05, 0) is 36.4 Å². The third-order valence-corrected chi connectivity index (χ3v) is 2.44. The molecule has 0 saturated carbocycles. The van der Waals surface area contributed by atoms with Gasteiger partial charge < -0.3 is 4.57 Å². The second-order valence-electron chi connectivity index (χ2n) is 3.68. The maximum atomic E-state index is 12.3. The van der Waals surface area contributed by atoms with Crippen molar-refractivity contribution in [1.82, 2.24) is 19.5 Å². The molecule has 0 fully saturated rings. The van der Waals surface area contributed by atoms with Crippen LogP contribution in [-0.4, -0.2) is 25.9 Å². The van der Waals surface area contributed by atoms with Gasteiger partial charge in [-0.3, -0.25) is 0 Å². The molecule has 7 heteroatoms. The van der Waals surface area contributed by atoms with E-state index in [9.17, 15) is 8.78 Å². The largest absolute Gasteiger partial charge is 0.328 e. The molecule has 0 aliphatic heterocycles. The SMILES string of the molecule is Cc1nc(C#Cc2ccnc(Cl)n2)cn1CC(F)F. The summed E-state index contributed by atoms with van der Waals surface area (Å²) >= 11 is 5.62. The fourth-order valence-electron chi connectivity index (χ4n) is 1.43. The molecule has 0 atom stereocenters. The summed E-state index contributed by atoms with van der Waals surface area (Å²) in [5.74, 6) is 5.98. The zero-order valence-corrected chi connectivity index (χ0v) is 10.7. The zero-order chi connectivity index (χ0) is 13.8. The molecule has 0 saturated heterocycles. The molecule has 0 N–H and O–H groups in total. The van der Waals surface area contributed by atoms with E-state index in [1.165, 1.54) is 17.0 Å². The van der Waals surface area contributed by atoms with Crippen LogP contribution >= 0.6 is 11.6 Å². The molecule has 0 unspecified atom stereocenters. The van der Waals surface area contributed by atoms with Crippen LogP contribution in [0.25, 0.3) is 0 Å². The van der Waals surface area contributed by atoms with Gasteiger partial charge in [0.15, 0.2) is 0 Å². The summed E-state index contributed by atoms with van der Waals surface area (Å²) < 4.78 is 25.9. The molecule has 98 valence electrons. The number of nitrogens with zero attached hydrogens (tertiary/aromatic N) is 4. The smallest absolute Gasteiger partial charge is 0.256 e. The highest BCUT2D eigenvalue weighted by Crippen LogP contribution is 2.06. The van der Waals surface area contributed by atoms with E-state index in [0.29, 0.717) is 17.2 Å². The summed E-state index contributed by atoms with van der Waals surface area (Å²) in [5.41, 5.74) is 0.856. The van der Waals surface area contributed by atoms with E-state index in [1.54, 1.807) is 13.0 Å². The lowest BCUT2D eigenvalue weighted by Gasteiger charge is -2.01. The molecule has 2 aromatic heterocycles. The van der Waals surface area contributed by atoms with Crippen molar-refractivity contribution in [2.24, 2.45) is 0 Å². The molecule has 2 aromatic rings. The van der Waals surface area contributed by atoms with Gasteiger partial charge in [0, 0.05) is 12.4 Å². The van der Waals surface area contributed by atoms with Crippen LogP contribution in [0.3, 0.4) is 0 Å². The highest BCUT2D eigenvalue weighted by Gasteiger charge is 2.08. The van der Waals surface area contributed by atoms with Crippen molar-refractivity contribution in [3.8, 4) is 11.8 Å². The Morgan fingerprint density at radius 3 is 2.74 bits per heavy atom. The number of aromatic nitrogens is 4. The first kappa shape index (κ1) is 13.4. The van der Waals surface area contributed by atoms with Crippen LogP contribution in [0.2, 0.25) is 5.28 Å². The van der Waals surface area contributed by atoms with Crippen molar-refractivity contribution >= 4 is 11.6 Å². The predicted molar refractivity (Wildman–Crippen MR) is 66.0 cm³/mol. The minimum atomic E-state index is -2.42. The minimum Gasteiger partial charge on any atom is -0.328 e. The third kappa shape index (κ3) is 3.73. The van der Waals surface area contributed by atoms with Crippen molar-refractivity contribution in [3.05, 3.63) is 41.0 Å². The van der Waals surface area contributed by atoms with Crippen LogP contribution in [0.1, 0.15) is 17.2 Å². The molecule has 0 spiro atoms. The molecule has 0 bridgehead atoms. The predicted octanol–water partition coefficient (Wildman–Crippen LogP) is 2.30. The average Bonchev–Trinajstić information content (AvgIpc) is 2.67. The van der Waals surface area contributed by atoms with E-state index in [-0.39, 0.29) is 11.8 Å². The lowest BCUT2D eigenvalue weighted by atomic mass is 10.4. The van der Waals surface area contributed by atoms with Crippen molar-refractivity contribution in [3.63, 3.8) is 0 Å². The van der Waals surface area contributed by atoms with Crippen LogP contribution in [0.5, 0.6) is 0 Å². The van der Waals surface area contributed by atoms with Gasteiger partial charge in [0.1, 0.15) is 17.2 Å². The van der Waals surface area contributed by atoms with Gasteiger partial charge in [0.25, 0.3) is 6.43 Å². The summed E-state index contributed by atoms with van der Waals surface area (Å²) in [6.45, 7) is 1.26. The van der Waals surface area contributed by atoms with E-state index in [2.05, 4.69) is 26.8 Å². The van der Waals surface area contributed by atoms with Gasteiger partial charge in [0.05, 0.1) is 6.54 Å². The Bertz CT molecular complexity index is 643. The number of rotatable bonds is 2. The van der Waals surface area contributed by atoms with E-state index in [1.807, 2.05) is 0 Å². The van der Waals surface area contributed by atoms with Crippen LogP contribution in [0, 0.1) is 18.8 Å². The lowest BCUT2D eigenvalue weighted by Crippen LogP contribution is -2.06. The van der Waals surface area contributed by atoms with E-state index < -0.39 is 6.43 Å². The number of alkyl halides is 2. The van der Waals surface area contributed by atoms with Gasteiger partial charge in [-0.25, -0.2) is 23.7 Å². The second kappa shape index (κ2) is 5.76. The second-order valence-corrected chi connectivity index (χ2v) is 4.02. The maximum absolute atomic E-state index is 12.3. The van der Waals surface area contributed by atoms with Crippen LogP contribution in [0.15, 0.2) is 18.5 Å². The summed E-state index contributed by atoms with van der Waals surface area (Å²) in [5, 5.41) is 0.103. The maximum Gasteiger partial charge on any atom is 0.256 e. The van der Waals surface area contributed by atoms with Gasteiger partial charge in [-0.1, -0.05) is 0 Å². The summed E-state index contributed by atoms with van der Waals surface area (Å²) in [4.78, 5) is 11.7. The highest BCUT2D eigenvalue weighted by molar-refractivity contribution is 6.28. The topological polar surface area (TPSA) is 43.6 Å². The van der Waals surface area contributed by atoms with Crippen molar-refractivity contribution in [1.29, 1.82) is 0 Å². The number of hydrogen-bond donors (Lipinski definition) is 0. The van der Waals surface area contributed by atoms with Crippen LogP contribution in [-0.2, 0) is 6.54 Å². The first-order chi connectivity index (χ1) is 9.04. The summed E-state index contributed by atoms with van der Waals surface area (Å²) in [6, 6.07) is 1.60. The van der Waals surface area contributed by atoms with Crippen molar-refractivity contribution in [2.75, 3.05) is 0 Å². The Balaban J connectivity index is 2.21. The molecule has 0 aromatic carbocycles. The Morgan fingerprint density at radius 1 is 1.32 bits per heavy atom. The Labute approximate surface area is 113 Å². The molecule has 0 aliphatic carbocycles. The number of hydrogen-bond acceptors (Lipinski definition) is 3. The number of halogens is 3. The molecular formula is C12H9ClF2N4. The first-order valence-corrected chi connectivity index (χ1v) is 5.75. The molecular weight excluding hydrogens is 274 g/mol. The molecule has 2 rings (SSSR count). The van der Waals surface area contributed by atoms with Gasteiger partial charge >= 0.3 is 0 Å². The molecule has 19 heavy (non-hydrogen) atoms. The molecule has 0 radical (unpaired) electrons. The van der Waals surface area contributed by atoms with Gasteiger partial charge in [-0.2, -0.15) is 0 Å². The highest BCUT2D eigenvalue weighted by atomic mass is 35.5. The quantitative estimate of drug-likeness (QED) is 0.627. The minimum absolute atomic E-state index is 0.103. The van der Waals surface area contributed by atoms with Crippen molar-refractivity contribution in [2.45, 2.75) is 19.9 Å². The first-order valence-electron chi connectivity index (χ1n) is 5.37. The standard InChI is InChI=1S/C12H9ClF2N4/c1-8-17-10(6-19(8)7-11(14)15)3-2-9-4-5-16-12(13)18-9/h4-6,11H,7H2,1H3. The van der Waals surface area contributed by atoms with E-state index in [0.717, 1.165) is 0 Å². The van der Waals surface area contributed by atoms with Gasteiger partial charge in [0.2, 0.25) is 5.28 Å². The van der Waals surface area contributed by atoms with Crippen LogP contribution < -0.4 is 0 Å². The number of aryl methyl sites for hydroxylation is 1. The normalized spacial score (nSPS) is 10.4. The fourth-order valence-corrected chi connectivity index (χ4v) is 1.58. The molecule has 0 amide bonds. The Hall–Kier alpha value is -2.00. The third-order valence-electron chi connectivity index (χ3n) is 2.26. The number of imidazole rings is 1. The molecule has 0 aliphatic rings. The lowest BCUT2D eigenvalue weighted by molar-refractivity contribution is 0.125. The molecule has 4 nitrogen and oxygen atoms in total. The van der Waals surface area contributed by atoms with E-state index in [4.69, 9.17) is 11.6 Å². The monoisotopic (exact) mass is 282 g/mol. The van der Waals surface area contributed by atoms with Crippen molar-refractivity contribution < 1.29 is 8.78 Å². The van der Waals surface area contributed by atoms with E-state index >= 15 is 0 Å². The average molecular weight is 283 g/mol. The summed E-state index contributed by atoms with van der Waals surface area (Å²) in [7, 11) is 0. The Morgan fingerprint density at radius 2 is 2.05 bits per heavy atom. The zero-order valence-electron chi connectivity index (χ0n) is 9.94. The van der Waals surface area contributed by atoms with Crippen LogP contribution in [0.4, 0.5) is 8.78 Å². The molecule has 2 heterocycles. The fraction of sp³-hybridized carbons (Fsp3) is 0.250. The summed E-state index contributed by atoms with van der Waals surface area (Å²) in [6.07, 6.45) is 0.548. The van der Waals surface area contributed by atoms with Gasteiger partial charge in [-0.15, -0.1) is 0 Å².